The number of nitrogens with zero attached hydrogens (tertiary/aromatic N) is 1. The normalized spacial score (nSPS) is 19.6. The summed E-state index contributed by atoms with van der Waals surface area (Å²) < 4.78 is 22.6. The smallest absolute Gasteiger partial charge is 0.192 e. The van der Waals surface area contributed by atoms with Crippen molar-refractivity contribution in [2.75, 3.05) is 6.26 Å². The second kappa shape index (κ2) is 3.28. The molecule has 1 fully saturated rings. The number of hydrogen-bond acceptors (Lipinski definition) is 4. The summed E-state index contributed by atoms with van der Waals surface area (Å²) in [5.41, 5.74) is 6.66. The van der Waals surface area contributed by atoms with Gasteiger partial charge < -0.3 is 5.73 Å². The van der Waals surface area contributed by atoms with Crippen LogP contribution in [-0.2, 0) is 15.4 Å². The van der Waals surface area contributed by atoms with Gasteiger partial charge in [0.25, 0.3) is 0 Å². The largest absolute Gasteiger partial charge is 0.321 e. The van der Waals surface area contributed by atoms with Crippen molar-refractivity contribution in [1.82, 2.24) is 4.98 Å². The van der Waals surface area contributed by atoms with Crippen LogP contribution < -0.4 is 5.73 Å². The average molecular weight is 226 g/mol. The summed E-state index contributed by atoms with van der Waals surface area (Å²) in [6.07, 6.45) is 5.61. The number of nitrogens with two attached hydrogens (primary N) is 1. The van der Waals surface area contributed by atoms with Crippen LogP contribution in [0.2, 0.25) is 0 Å². The quantitative estimate of drug-likeness (QED) is 0.810. The SMILES string of the molecule is CS(=O)(=O)c1cc(C2(N)CCC2)ccn1. The minimum absolute atomic E-state index is 0.108. The molecule has 1 aromatic rings. The maximum atomic E-state index is 11.3. The molecule has 1 aliphatic rings. The molecule has 15 heavy (non-hydrogen) atoms. The Morgan fingerprint density at radius 3 is 2.60 bits per heavy atom. The van der Waals surface area contributed by atoms with E-state index in [0.29, 0.717) is 0 Å². The Hall–Kier alpha value is -0.940. The molecule has 5 heteroatoms. The number of sulfone groups is 1. The third-order valence-electron chi connectivity index (χ3n) is 2.94. The molecular formula is C10H14N2O2S. The minimum Gasteiger partial charge on any atom is -0.321 e. The summed E-state index contributed by atoms with van der Waals surface area (Å²) in [5.74, 6) is 0. The van der Waals surface area contributed by atoms with Gasteiger partial charge in [0.1, 0.15) is 0 Å². The molecule has 0 bridgehead atoms. The van der Waals surface area contributed by atoms with Crippen LogP contribution in [0.3, 0.4) is 0 Å². The van der Waals surface area contributed by atoms with Crippen LogP contribution in [0.1, 0.15) is 24.8 Å². The molecule has 0 aromatic carbocycles. The first kappa shape index (κ1) is 10.6. The first-order valence-electron chi connectivity index (χ1n) is 4.87. The molecule has 0 unspecified atom stereocenters. The van der Waals surface area contributed by atoms with Gasteiger partial charge in [-0.05, 0) is 37.0 Å². The van der Waals surface area contributed by atoms with Gasteiger partial charge in [-0.25, -0.2) is 13.4 Å². The van der Waals surface area contributed by atoms with E-state index in [2.05, 4.69) is 4.98 Å². The molecule has 1 aliphatic carbocycles. The molecule has 0 saturated heterocycles. The van der Waals surface area contributed by atoms with Gasteiger partial charge >= 0.3 is 0 Å². The van der Waals surface area contributed by atoms with Gasteiger partial charge in [-0.1, -0.05) is 0 Å². The Bertz CT molecular complexity index is 478. The Kier molecular flexibility index (Phi) is 2.31. The highest BCUT2D eigenvalue weighted by Gasteiger charge is 2.34. The standard InChI is InChI=1S/C10H14N2O2S/c1-15(13,14)9-7-8(3-6-12-9)10(11)4-2-5-10/h3,6-7H,2,4-5,11H2,1H3. The summed E-state index contributed by atoms with van der Waals surface area (Å²) in [6, 6.07) is 3.39. The third kappa shape index (κ3) is 1.89. The number of aromatic nitrogens is 1. The summed E-state index contributed by atoms with van der Waals surface area (Å²) >= 11 is 0. The Morgan fingerprint density at radius 1 is 1.47 bits per heavy atom. The van der Waals surface area contributed by atoms with E-state index in [1.165, 1.54) is 6.20 Å². The van der Waals surface area contributed by atoms with Gasteiger partial charge in [0.05, 0.1) is 0 Å². The van der Waals surface area contributed by atoms with E-state index >= 15 is 0 Å². The zero-order valence-corrected chi connectivity index (χ0v) is 9.42. The van der Waals surface area contributed by atoms with E-state index < -0.39 is 9.84 Å². The lowest BCUT2D eigenvalue weighted by Gasteiger charge is -2.38. The lowest BCUT2D eigenvalue weighted by molar-refractivity contribution is 0.253. The van der Waals surface area contributed by atoms with Gasteiger partial charge in [0, 0.05) is 18.0 Å². The summed E-state index contributed by atoms with van der Waals surface area (Å²) in [6.45, 7) is 0. The van der Waals surface area contributed by atoms with Gasteiger partial charge in [0.2, 0.25) is 0 Å². The molecule has 0 amide bonds. The number of hydrogen-bond donors (Lipinski definition) is 1. The van der Waals surface area contributed by atoms with Gasteiger partial charge in [0.15, 0.2) is 14.9 Å². The molecule has 0 aliphatic heterocycles. The minimum atomic E-state index is -3.24. The first-order chi connectivity index (χ1) is 6.92. The highest BCUT2D eigenvalue weighted by molar-refractivity contribution is 7.90. The molecule has 1 saturated carbocycles. The topological polar surface area (TPSA) is 73.0 Å². The van der Waals surface area contributed by atoms with Crippen molar-refractivity contribution >= 4 is 9.84 Å². The predicted molar refractivity (Wildman–Crippen MR) is 57.1 cm³/mol. The van der Waals surface area contributed by atoms with Crippen LogP contribution in [0.4, 0.5) is 0 Å². The van der Waals surface area contributed by atoms with Crippen molar-refractivity contribution in [2.24, 2.45) is 5.73 Å². The van der Waals surface area contributed by atoms with Crippen molar-refractivity contribution in [2.45, 2.75) is 29.8 Å². The van der Waals surface area contributed by atoms with Crippen molar-refractivity contribution in [3.05, 3.63) is 23.9 Å². The van der Waals surface area contributed by atoms with Crippen LogP contribution in [0.15, 0.2) is 23.4 Å². The Labute approximate surface area is 89.4 Å². The van der Waals surface area contributed by atoms with E-state index in [1.807, 2.05) is 0 Å². The molecule has 0 spiro atoms. The maximum absolute atomic E-state index is 11.3. The fourth-order valence-corrected chi connectivity index (χ4v) is 2.36. The molecule has 82 valence electrons. The van der Waals surface area contributed by atoms with Crippen molar-refractivity contribution in [3.8, 4) is 0 Å². The Balaban J connectivity index is 2.43. The molecule has 1 aromatic heterocycles. The van der Waals surface area contributed by atoms with Crippen LogP contribution in [-0.4, -0.2) is 19.7 Å². The van der Waals surface area contributed by atoms with E-state index in [1.54, 1.807) is 12.1 Å². The van der Waals surface area contributed by atoms with E-state index in [9.17, 15) is 8.42 Å². The maximum Gasteiger partial charge on any atom is 0.192 e. The second-order valence-corrected chi connectivity index (χ2v) is 6.13. The van der Waals surface area contributed by atoms with Gasteiger partial charge in [-0.3, -0.25) is 0 Å². The van der Waals surface area contributed by atoms with Crippen molar-refractivity contribution in [3.63, 3.8) is 0 Å². The van der Waals surface area contributed by atoms with Gasteiger partial charge in [-0.2, -0.15) is 0 Å². The molecule has 2 N–H and O–H groups in total. The highest BCUT2D eigenvalue weighted by Crippen LogP contribution is 2.38. The average Bonchev–Trinajstić information content (AvgIpc) is 2.13. The molecule has 2 rings (SSSR count). The molecule has 4 nitrogen and oxygen atoms in total. The molecule has 1 heterocycles. The predicted octanol–water partition coefficient (Wildman–Crippen LogP) is 0.823. The van der Waals surface area contributed by atoms with E-state index in [0.717, 1.165) is 31.1 Å². The van der Waals surface area contributed by atoms with Crippen LogP contribution in [0.5, 0.6) is 0 Å². The Morgan fingerprint density at radius 2 is 2.13 bits per heavy atom. The number of pyridine rings is 1. The van der Waals surface area contributed by atoms with Crippen LogP contribution in [0, 0.1) is 0 Å². The number of rotatable bonds is 2. The molecular weight excluding hydrogens is 212 g/mol. The van der Waals surface area contributed by atoms with Crippen LogP contribution >= 0.6 is 0 Å². The van der Waals surface area contributed by atoms with E-state index in [-0.39, 0.29) is 10.6 Å². The third-order valence-corrected chi connectivity index (χ3v) is 3.92. The summed E-state index contributed by atoms with van der Waals surface area (Å²) in [7, 11) is -3.24. The van der Waals surface area contributed by atoms with Gasteiger partial charge in [-0.15, -0.1) is 0 Å². The highest BCUT2D eigenvalue weighted by atomic mass is 32.2. The van der Waals surface area contributed by atoms with E-state index in [4.69, 9.17) is 5.73 Å². The summed E-state index contributed by atoms with van der Waals surface area (Å²) in [5, 5.41) is 0.108. The lowest BCUT2D eigenvalue weighted by Crippen LogP contribution is -2.43. The van der Waals surface area contributed by atoms with Crippen molar-refractivity contribution < 1.29 is 8.42 Å². The second-order valence-electron chi connectivity index (χ2n) is 4.16. The van der Waals surface area contributed by atoms with Crippen LogP contribution in [0.25, 0.3) is 0 Å². The summed E-state index contributed by atoms with van der Waals surface area (Å²) in [4.78, 5) is 3.84. The zero-order chi connectivity index (χ0) is 11.1. The first-order valence-corrected chi connectivity index (χ1v) is 6.76. The van der Waals surface area contributed by atoms with Crippen molar-refractivity contribution in [1.29, 1.82) is 0 Å². The zero-order valence-electron chi connectivity index (χ0n) is 8.60. The lowest BCUT2D eigenvalue weighted by atomic mass is 9.73. The molecule has 0 radical (unpaired) electrons. The monoisotopic (exact) mass is 226 g/mol. The fourth-order valence-electron chi connectivity index (χ4n) is 1.77. The molecule has 0 atom stereocenters. The fraction of sp³-hybridized carbons (Fsp3) is 0.500.